The van der Waals surface area contributed by atoms with Gasteiger partial charge in [0.05, 0.1) is 10.7 Å². The van der Waals surface area contributed by atoms with Crippen LogP contribution in [0.3, 0.4) is 0 Å². The third-order valence-electron chi connectivity index (χ3n) is 3.13. The van der Waals surface area contributed by atoms with E-state index in [1.807, 2.05) is 13.8 Å². The number of aliphatic hydroxyl groups is 1. The molecule has 0 aliphatic carbocycles. The highest BCUT2D eigenvalue weighted by Crippen LogP contribution is 2.25. The molecule has 2 amide bonds. The molecular weight excluding hydrogens is 327 g/mol. The van der Waals surface area contributed by atoms with Crippen molar-refractivity contribution in [3.63, 3.8) is 0 Å². The van der Waals surface area contributed by atoms with Gasteiger partial charge in [0.25, 0.3) is 0 Å². The van der Waals surface area contributed by atoms with Crippen molar-refractivity contribution in [3.8, 4) is 0 Å². The Bertz CT molecular complexity index is 548. The molecule has 22 heavy (non-hydrogen) atoms. The van der Waals surface area contributed by atoms with E-state index in [-0.39, 0.29) is 17.0 Å². The molecule has 1 rings (SSSR count). The monoisotopic (exact) mass is 346 g/mol. The van der Waals surface area contributed by atoms with Crippen LogP contribution in [0.4, 0.5) is 5.69 Å². The number of carbonyl (C=O) groups excluding carboxylic acids is 2. The summed E-state index contributed by atoms with van der Waals surface area (Å²) in [4.78, 5) is 23.4. The van der Waals surface area contributed by atoms with Crippen LogP contribution in [0, 0.1) is 5.41 Å². The second-order valence-corrected chi connectivity index (χ2v) is 6.60. The van der Waals surface area contributed by atoms with Gasteiger partial charge >= 0.3 is 11.8 Å². The number of aliphatic hydroxyl groups excluding tert-OH is 1. The molecule has 0 heterocycles. The lowest BCUT2D eigenvalue weighted by atomic mass is 9.89. The van der Waals surface area contributed by atoms with E-state index in [0.717, 1.165) is 6.42 Å². The minimum absolute atomic E-state index is 0.0799. The van der Waals surface area contributed by atoms with Gasteiger partial charge in [-0.25, -0.2) is 0 Å². The molecule has 7 heteroatoms. The van der Waals surface area contributed by atoms with Crippen molar-refractivity contribution in [2.45, 2.75) is 26.7 Å². The first-order valence-electron chi connectivity index (χ1n) is 6.90. The zero-order valence-corrected chi connectivity index (χ0v) is 14.1. The summed E-state index contributed by atoms with van der Waals surface area (Å²) in [5, 5.41) is 14.8. The standard InChI is InChI=1S/C15H20Cl2N2O3/c1-15(2,9-20)6-3-7-18-13(21)14(22)19-12-5-4-10(16)8-11(12)17/h4-5,8,20H,3,6-7,9H2,1-2H3,(H,18,21)(H,19,22). The minimum atomic E-state index is -0.786. The van der Waals surface area contributed by atoms with Gasteiger partial charge in [-0.3, -0.25) is 9.59 Å². The van der Waals surface area contributed by atoms with E-state index in [4.69, 9.17) is 28.3 Å². The van der Waals surface area contributed by atoms with Gasteiger partial charge in [0.2, 0.25) is 0 Å². The Hall–Kier alpha value is -1.30. The van der Waals surface area contributed by atoms with Crippen LogP contribution in [-0.4, -0.2) is 30.1 Å². The van der Waals surface area contributed by atoms with Crippen LogP contribution in [0.15, 0.2) is 18.2 Å². The highest BCUT2D eigenvalue weighted by molar-refractivity contribution is 6.42. The molecule has 1 aromatic carbocycles. The fraction of sp³-hybridized carbons (Fsp3) is 0.467. The van der Waals surface area contributed by atoms with E-state index in [2.05, 4.69) is 10.6 Å². The molecule has 0 radical (unpaired) electrons. The fourth-order valence-corrected chi connectivity index (χ4v) is 2.15. The molecule has 122 valence electrons. The Morgan fingerprint density at radius 1 is 1.23 bits per heavy atom. The molecule has 5 nitrogen and oxygen atoms in total. The normalized spacial score (nSPS) is 11.1. The maximum absolute atomic E-state index is 11.7. The molecule has 0 aromatic heterocycles. The SMILES string of the molecule is CC(C)(CO)CCCNC(=O)C(=O)Nc1ccc(Cl)cc1Cl. The topological polar surface area (TPSA) is 78.4 Å². The van der Waals surface area contributed by atoms with Crippen molar-refractivity contribution < 1.29 is 14.7 Å². The van der Waals surface area contributed by atoms with Gasteiger partial charge in [-0.1, -0.05) is 37.0 Å². The van der Waals surface area contributed by atoms with Crippen LogP contribution in [0.1, 0.15) is 26.7 Å². The Labute approximate surface area is 140 Å². The number of hydrogen-bond acceptors (Lipinski definition) is 3. The average molecular weight is 347 g/mol. The van der Waals surface area contributed by atoms with Crippen molar-refractivity contribution in [2.24, 2.45) is 5.41 Å². The molecule has 0 spiro atoms. The van der Waals surface area contributed by atoms with Gasteiger partial charge in [0.1, 0.15) is 0 Å². The molecule has 0 unspecified atom stereocenters. The molecule has 1 aromatic rings. The maximum atomic E-state index is 11.7. The molecule has 0 saturated carbocycles. The zero-order valence-electron chi connectivity index (χ0n) is 12.6. The predicted octanol–water partition coefficient (Wildman–Crippen LogP) is 2.85. The van der Waals surface area contributed by atoms with Crippen LogP contribution in [0.5, 0.6) is 0 Å². The number of halogens is 2. The Balaban J connectivity index is 2.41. The smallest absolute Gasteiger partial charge is 0.313 e. The molecule has 0 atom stereocenters. The maximum Gasteiger partial charge on any atom is 0.313 e. The van der Waals surface area contributed by atoms with E-state index in [9.17, 15) is 9.59 Å². The average Bonchev–Trinajstić information content (AvgIpc) is 2.46. The number of amides is 2. The fourth-order valence-electron chi connectivity index (χ4n) is 1.70. The van der Waals surface area contributed by atoms with Crippen LogP contribution < -0.4 is 10.6 Å². The molecule has 0 aliphatic rings. The van der Waals surface area contributed by atoms with Gasteiger partial charge < -0.3 is 15.7 Å². The summed E-state index contributed by atoms with van der Waals surface area (Å²) in [6, 6.07) is 4.57. The quantitative estimate of drug-likeness (QED) is 0.547. The van der Waals surface area contributed by atoms with Gasteiger partial charge in [0, 0.05) is 18.2 Å². The van der Waals surface area contributed by atoms with Gasteiger partial charge in [0.15, 0.2) is 0 Å². The first-order chi connectivity index (χ1) is 10.2. The predicted molar refractivity (Wildman–Crippen MR) is 88.2 cm³/mol. The molecule has 0 fully saturated rings. The van der Waals surface area contributed by atoms with E-state index in [1.54, 1.807) is 6.07 Å². The van der Waals surface area contributed by atoms with Crippen molar-refractivity contribution in [3.05, 3.63) is 28.2 Å². The number of rotatable bonds is 6. The van der Waals surface area contributed by atoms with Crippen molar-refractivity contribution in [1.29, 1.82) is 0 Å². The van der Waals surface area contributed by atoms with Gasteiger partial charge in [-0.05, 0) is 36.5 Å². The number of carbonyl (C=O) groups is 2. The summed E-state index contributed by atoms with van der Waals surface area (Å²) < 4.78 is 0. The molecule has 0 bridgehead atoms. The van der Waals surface area contributed by atoms with Crippen LogP contribution in [-0.2, 0) is 9.59 Å². The first kappa shape index (κ1) is 18.7. The summed E-state index contributed by atoms with van der Waals surface area (Å²) in [6.45, 7) is 4.31. The number of benzene rings is 1. The Kier molecular flexibility index (Phi) is 7.13. The largest absolute Gasteiger partial charge is 0.396 e. The second kappa shape index (κ2) is 8.36. The lowest BCUT2D eigenvalue weighted by molar-refractivity contribution is -0.136. The minimum Gasteiger partial charge on any atom is -0.396 e. The summed E-state index contributed by atoms with van der Waals surface area (Å²) in [5.74, 6) is -1.52. The molecule has 0 aliphatic heterocycles. The summed E-state index contributed by atoms with van der Waals surface area (Å²) in [5.41, 5.74) is 0.136. The van der Waals surface area contributed by atoms with Crippen LogP contribution in [0.2, 0.25) is 10.0 Å². The Morgan fingerprint density at radius 2 is 1.91 bits per heavy atom. The zero-order chi connectivity index (χ0) is 16.8. The lowest BCUT2D eigenvalue weighted by Crippen LogP contribution is -2.36. The Morgan fingerprint density at radius 3 is 2.50 bits per heavy atom. The number of hydrogen-bond donors (Lipinski definition) is 3. The van der Waals surface area contributed by atoms with Crippen LogP contribution in [0.25, 0.3) is 0 Å². The summed E-state index contributed by atoms with van der Waals surface area (Å²) in [7, 11) is 0. The van der Waals surface area contributed by atoms with Crippen molar-refractivity contribution in [2.75, 3.05) is 18.5 Å². The van der Waals surface area contributed by atoms with E-state index in [0.29, 0.717) is 23.7 Å². The third kappa shape index (κ3) is 6.22. The highest BCUT2D eigenvalue weighted by atomic mass is 35.5. The third-order valence-corrected chi connectivity index (χ3v) is 3.68. The lowest BCUT2D eigenvalue weighted by Gasteiger charge is -2.21. The second-order valence-electron chi connectivity index (χ2n) is 5.76. The van der Waals surface area contributed by atoms with E-state index >= 15 is 0 Å². The summed E-state index contributed by atoms with van der Waals surface area (Å²) >= 11 is 11.7. The highest BCUT2D eigenvalue weighted by Gasteiger charge is 2.17. The molecule has 3 N–H and O–H groups in total. The van der Waals surface area contributed by atoms with Crippen molar-refractivity contribution in [1.82, 2.24) is 5.32 Å². The summed E-state index contributed by atoms with van der Waals surface area (Å²) in [6.07, 6.45) is 1.42. The number of nitrogens with one attached hydrogen (secondary N) is 2. The van der Waals surface area contributed by atoms with E-state index in [1.165, 1.54) is 12.1 Å². The van der Waals surface area contributed by atoms with Gasteiger partial charge in [-0.2, -0.15) is 0 Å². The molecule has 0 saturated heterocycles. The van der Waals surface area contributed by atoms with Gasteiger partial charge in [-0.15, -0.1) is 0 Å². The van der Waals surface area contributed by atoms with Crippen LogP contribution >= 0.6 is 23.2 Å². The first-order valence-corrected chi connectivity index (χ1v) is 7.66. The van der Waals surface area contributed by atoms with E-state index < -0.39 is 11.8 Å². The molecular formula is C15H20Cl2N2O3. The van der Waals surface area contributed by atoms with Crippen molar-refractivity contribution >= 4 is 40.7 Å². The number of anilines is 1.